The summed E-state index contributed by atoms with van der Waals surface area (Å²) in [5, 5.41) is 0. The third kappa shape index (κ3) is 5.27. The molecule has 0 aromatic heterocycles. The molecule has 0 heterocycles. The standard InChI is InChI=1S/C17H28ClN.ClH/c1-7-19(9-8-18)12-15-14(3)10-13(2)11-16(15)17(4,5)6;/h10-11H,7-9,12H2,1-6H3;1H. The zero-order valence-electron chi connectivity index (χ0n) is 13.7. The van der Waals surface area contributed by atoms with Gasteiger partial charge in [0, 0.05) is 5.56 Å². The van der Waals surface area contributed by atoms with E-state index in [0.29, 0.717) is 0 Å². The van der Waals surface area contributed by atoms with E-state index in [9.17, 15) is 0 Å². The SMILES string of the molecule is CC[NH+](CCCl)Cc1c(C)cc(C)cc1C(C)(C)C.[Cl-]. The number of hydrogen-bond donors (Lipinski definition) is 1. The van der Waals surface area contributed by atoms with Crippen LogP contribution >= 0.6 is 11.6 Å². The van der Waals surface area contributed by atoms with E-state index >= 15 is 0 Å². The van der Waals surface area contributed by atoms with Crippen LogP contribution in [0.4, 0.5) is 0 Å². The number of halogens is 2. The maximum absolute atomic E-state index is 5.92. The molecule has 116 valence electrons. The minimum absolute atomic E-state index is 0. The molecule has 1 atom stereocenters. The average molecular weight is 318 g/mol. The lowest BCUT2D eigenvalue weighted by molar-refractivity contribution is -0.909. The second-order valence-corrected chi connectivity index (χ2v) is 6.96. The van der Waals surface area contributed by atoms with Crippen molar-refractivity contribution in [2.75, 3.05) is 19.0 Å². The van der Waals surface area contributed by atoms with Gasteiger partial charge in [-0.05, 0) is 37.3 Å². The van der Waals surface area contributed by atoms with Crippen LogP contribution in [0.3, 0.4) is 0 Å². The van der Waals surface area contributed by atoms with Crippen molar-refractivity contribution in [1.29, 1.82) is 0 Å². The average Bonchev–Trinajstić information content (AvgIpc) is 2.29. The first-order valence-corrected chi connectivity index (χ1v) is 7.83. The Kier molecular flexibility index (Phi) is 8.16. The molecule has 20 heavy (non-hydrogen) atoms. The molecule has 0 aliphatic rings. The normalized spacial score (nSPS) is 12.9. The first kappa shape index (κ1) is 19.8. The first-order chi connectivity index (χ1) is 8.79. The van der Waals surface area contributed by atoms with Gasteiger partial charge < -0.3 is 17.3 Å². The second kappa shape index (κ2) is 8.26. The number of hydrogen-bond acceptors (Lipinski definition) is 0. The number of benzene rings is 1. The van der Waals surface area contributed by atoms with Crippen molar-refractivity contribution in [3.05, 3.63) is 34.4 Å². The number of alkyl halides is 1. The van der Waals surface area contributed by atoms with Crippen molar-refractivity contribution in [2.24, 2.45) is 0 Å². The van der Waals surface area contributed by atoms with E-state index in [1.54, 1.807) is 4.90 Å². The largest absolute Gasteiger partial charge is 1.00 e. The molecule has 3 heteroatoms. The van der Waals surface area contributed by atoms with Crippen molar-refractivity contribution >= 4 is 11.6 Å². The highest BCUT2D eigenvalue weighted by molar-refractivity contribution is 6.17. The van der Waals surface area contributed by atoms with Crippen LogP contribution in [0.2, 0.25) is 0 Å². The fourth-order valence-corrected chi connectivity index (χ4v) is 2.94. The third-order valence-electron chi connectivity index (χ3n) is 3.80. The van der Waals surface area contributed by atoms with Gasteiger partial charge in [0.05, 0.1) is 19.0 Å². The zero-order valence-corrected chi connectivity index (χ0v) is 15.3. The Balaban J connectivity index is 0.00000361. The van der Waals surface area contributed by atoms with Crippen LogP contribution in [0.5, 0.6) is 0 Å². The van der Waals surface area contributed by atoms with Gasteiger partial charge in [-0.3, -0.25) is 0 Å². The van der Waals surface area contributed by atoms with E-state index in [0.717, 1.165) is 25.5 Å². The molecule has 0 amide bonds. The molecule has 1 N–H and O–H groups in total. The van der Waals surface area contributed by atoms with Crippen molar-refractivity contribution in [3.8, 4) is 0 Å². The van der Waals surface area contributed by atoms with Gasteiger partial charge in [0.1, 0.15) is 6.54 Å². The number of nitrogens with one attached hydrogen (secondary N) is 1. The molecule has 1 rings (SSSR count). The van der Waals surface area contributed by atoms with Gasteiger partial charge >= 0.3 is 0 Å². The Morgan fingerprint density at radius 1 is 1.15 bits per heavy atom. The Morgan fingerprint density at radius 3 is 2.20 bits per heavy atom. The molecule has 0 saturated carbocycles. The first-order valence-electron chi connectivity index (χ1n) is 7.29. The predicted molar refractivity (Wildman–Crippen MR) is 85.4 cm³/mol. The van der Waals surface area contributed by atoms with E-state index in [1.807, 2.05) is 0 Å². The summed E-state index contributed by atoms with van der Waals surface area (Å²) < 4.78 is 0. The molecule has 0 bridgehead atoms. The van der Waals surface area contributed by atoms with Crippen LogP contribution in [-0.4, -0.2) is 19.0 Å². The highest BCUT2D eigenvalue weighted by Crippen LogP contribution is 2.28. The molecule has 1 unspecified atom stereocenters. The van der Waals surface area contributed by atoms with Crippen LogP contribution in [0.1, 0.15) is 49.9 Å². The van der Waals surface area contributed by atoms with E-state index in [-0.39, 0.29) is 17.8 Å². The molecule has 0 aliphatic carbocycles. The molecule has 0 radical (unpaired) electrons. The van der Waals surface area contributed by atoms with E-state index < -0.39 is 0 Å². The lowest BCUT2D eigenvalue weighted by Crippen LogP contribution is -3.10. The maximum atomic E-state index is 5.92. The van der Waals surface area contributed by atoms with Gasteiger partial charge in [-0.15, -0.1) is 11.6 Å². The van der Waals surface area contributed by atoms with Crippen molar-refractivity contribution in [2.45, 2.75) is 53.5 Å². The summed E-state index contributed by atoms with van der Waals surface area (Å²) in [5.41, 5.74) is 5.99. The van der Waals surface area contributed by atoms with E-state index in [4.69, 9.17) is 11.6 Å². The number of quaternary nitrogens is 1. The van der Waals surface area contributed by atoms with Gasteiger partial charge in [0.2, 0.25) is 0 Å². The fraction of sp³-hybridized carbons (Fsp3) is 0.647. The van der Waals surface area contributed by atoms with E-state index in [1.165, 1.54) is 22.3 Å². The monoisotopic (exact) mass is 317 g/mol. The van der Waals surface area contributed by atoms with Crippen molar-refractivity contribution < 1.29 is 17.3 Å². The van der Waals surface area contributed by atoms with Gasteiger partial charge in [-0.25, -0.2) is 0 Å². The topological polar surface area (TPSA) is 4.44 Å². The van der Waals surface area contributed by atoms with Crippen LogP contribution < -0.4 is 17.3 Å². The van der Waals surface area contributed by atoms with Gasteiger partial charge in [0.15, 0.2) is 0 Å². The van der Waals surface area contributed by atoms with E-state index in [2.05, 4.69) is 53.7 Å². The Bertz CT molecular complexity index is 422. The Labute approximate surface area is 136 Å². The van der Waals surface area contributed by atoms with Crippen LogP contribution in [0.25, 0.3) is 0 Å². The molecular formula is C17H29Cl2N. The summed E-state index contributed by atoms with van der Waals surface area (Å²) in [5.74, 6) is 0.735. The summed E-state index contributed by atoms with van der Waals surface area (Å²) in [6.07, 6.45) is 0. The summed E-state index contributed by atoms with van der Waals surface area (Å²) in [6, 6.07) is 4.66. The summed E-state index contributed by atoms with van der Waals surface area (Å²) >= 11 is 5.92. The lowest BCUT2D eigenvalue weighted by Gasteiger charge is -2.27. The van der Waals surface area contributed by atoms with Crippen molar-refractivity contribution in [3.63, 3.8) is 0 Å². The van der Waals surface area contributed by atoms with Crippen LogP contribution in [0, 0.1) is 13.8 Å². The Morgan fingerprint density at radius 2 is 1.75 bits per heavy atom. The molecule has 0 aliphatic heterocycles. The van der Waals surface area contributed by atoms with Gasteiger partial charge in [-0.2, -0.15) is 0 Å². The highest BCUT2D eigenvalue weighted by Gasteiger charge is 2.22. The fourth-order valence-electron chi connectivity index (χ4n) is 2.68. The quantitative estimate of drug-likeness (QED) is 0.743. The number of aryl methyl sites for hydroxylation is 2. The van der Waals surface area contributed by atoms with Crippen molar-refractivity contribution in [1.82, 2.24) is 0 Å². The maximum Gasteiger partial charge on any atom is 0.103 e. The predicted octanol–water partition coefficient (Wildman–Crippen LogP) is 0.249. The van der Waals surface area contributed by atoms with Gasteiger partial charge in [-0.1, -0.05) is 38.5 Å². The second-order valence-electron chi connectivity index (χ2n) is 6.58. The number of rotatable bonds is 5. The van der Waals surface area contributed by atoms with Crippen LogP contribution in [0.15, 0.2) is 12.1 Å². The third-order valence-corrected chi connectivity index (χ3v) is 3.99. The zero-order chi connectivity index (χ0) is 14.6. The molecule has 0 spiro atoms. The Hall–Kier alpha value is -0.240. The van der Waals surface area contributed by atoms with Crippen LogP contribution in [-0.2, 0) is 12.0 Å². The summed E-state index contributed by atoms with van der Waals surface area (Å²) in [6.45, 7) is 16.8. The van der Waals surface area contributed by atoms with Gasteiger partial charge in [0.25, 0.3) is 0 Å². The summed E-state index contributed by atoms with van der Waals surface area (Å²) in [7, 11) is 0. The highest BCUT2D eigenvalue weighted by atomic mass is 35.5. The summed E-state index contributed by atoms with van der Waals surface area (Å²) in [4.78, 5) is 1.56. The smallest absolute Gasteiger partial charge is 0.103 e. The lowest BCUT2D eigenvalue weighted by atomic mass is 9.81. The molecule has 1 aromatic carbocycles. The molecule has 1 aromatic rings. The molecular weight excluding hydrogens is 289 g/mol. The molecule has 1 nitrogen and oxygen atoms in total. The molecule has 0 fully saturated rings. The molecule has 0 saturated heterocycles. The minimum Gasteiger partial charge on any atom is -1.00 e. The minimum atomic E-state index is 0.